The fourth-order valence-corrected chi connectivity index (χ4v) is 10.3. The highest BCUT2D eigenvalue weighted by atomic mass is 32.1. The lowest BCUT2D eigenvalue weighted by Gasteiger charge is -2.13. The van der Waals surface area contributed by atoms with E-state index in [9.17, 15) is 0 Å². The Hall–Kier alpha value is -2.10. The quantitative estimate of drug-likeness (QED) is 0.191. The summed E-state index contributed by atoms with van der Waals surface area (Å²) >= 11 is 3.99. The first kappa shape index (κ1) is 25.8. The van der Waals surface area contributed by atoms with Gasteiger partial charge in [0.2, 0.25) is 0 Å². The molecule has 0 saturated heterocycles. The molecule has 174 valence electrons. The zero-order chi connectivity index (χ0) is 28.0. The van der Waals surface area contributed by atoms with Crippen molar-refractivity contribution in [3.8, 4) is 0 Å². The van der Waals surface area contributed by atoms with Crippen LogP contribution < -0.4 is 65.6 Å². The van der Waals surface area contributed by atoms with E-state index in [1.54, 1.807) is 0 Å². The molecule has 4 aromatic carbocycles. The summed E-state index contributed by atoms with van der Waals surface area (Å²) in [7, 11) is 27.8. The van der Waals surface area contributed by atoms with Gasteiger partial charge in [0.15, 0.2) is 0 Å². The van der Waals surface area contributed by atoms with Crippen molar-refractivity contribution in [2.75, 3.05) is 0 Å². The molecule has 3 heterocycles. The van der Waals surface area contributed by atoms with Gasteiger partial charge in [-0.25, -0.2) is 0 Å². The fourth-order valence-electron chi connectivity index (χ4n) is 7.29. The van der Waals surface area contributed by atoms with Gasteiger partial charge in [0.05, 0.1) is 11.0 Å². The summed E-state index contributed by atoms with van der Waals surface area (Å²) in [5.41, 5.74) is 19.8. The lowest BCUT2D eigenvalue weighted by molar-refractivity contribution is 1.60. The van der Waals surface area contributed by atoms with Crippen LogP contribution in [0, 0.1) is 0 Å². The maximum absolute atomic E-state index is 4.13. The number of thiophene rings is 2. The van der Waals surface area contributed by atoms with E-state index < -0.39 is 0 Å². The molecule has 0 radical (unpaired) electrons. The molecule has 0 unspecified atom stereocenters. The van der Waals surface area contributed by atoms with Gasteiger partial charge in [-0.15, -0.1) is 44.5 Å². The van der Waals surface area contributed by atoms with Crippen LogP contribution in [-0.4, -0.2) is 99.1 Å². The Labute approximate surface area is 248 Å². The highest BCUT2D eigenvalue weighted by Crippen LogP contribution is 2.40. The number of benzene rings is 4. The third kappa shape index (κ3) is 2.97. The minimum atomic E-state index is 1.33. The van der Waals surface area contributed by atoms with Crippen LogP contribution in [0.5, 0.6) is 0 Å². The topological polar surface area (TPSA) is 15.8 Å². The Bertz CT molecular complexity index is 2150. The number of fused-ring (bicyclic) bond motifs is 11. The van der Waals surface area contributed by atoms with Gasteiger partial charge in [-0.1, -0.05) is 43.7 Å². The standard InChI is InChI=1S/C24H25B12NS2/c25-7-1-2-8(26)16(34)24-6(4-10(28)12(30)14(32)18(36)22(4)39-24)20(2)37-19(1)5-3-9(27)11(29)13(31)17(35)21(3)38-23(5)15(7)33/h37H,25-36H2. The summed E-state index contributed by atoms with van der Waals surface area (Å²) in [6.45, 7) is 0. The number of hydrogen-bond donors (Lipinski definition) is 1. The van der Waals surface area contributed by atoms with Crippen molar-refractivity contribution in [3.63, 3.8) is 0 Å². The van der Waals surface area contributed by atoms with Crippen molar-refractivity contribution >= 4 is 245 Å². The number of aromatic amines is 1. The second-order valence-electron chi connectivity index (χ2n) is 12.1. The van der Waals surface area contributed by atoms with E-state index in [1.165, 1.54) is 128 Å². The predicted octanol–water partition coefficient (Wildman–Crippen LogP) is -12.8. The Balaban J connectivity index is 1.85. The van der Waals surface area contributed by atoms with Gasteiger partial charge in [-0.05, 0) is 10.8 Å². The van der Waals surface area contributed by atoms with E-state index in [4.69, 9.17) is 0 Å². The van der Waals surface area contributed by atoms with Gasteiger partial charge in [0.25, 0.3) is 0 Å². The minimum absolute atomic E-state index is 1.33. The first-order valence-electron chi connectivity index (χ1n) is 14.1. The molecule has 7 aromatic rings. The molecule has 0 aliphatic heterocycles. The van der Waals surface area contributed by atoms with Gasteiger partial charge in [0, 0.05) is 40.3 Å². The number of aromatic nitrogens is 1. The van der Waals surface area contributed by atoms with E-state index in [0.717, 1.165) is 0 Å². The van der Waals surface area contributed by atoms with Crippen molar-refractivity contribution < 1.29 is 0 Å². The largest absolute Gasteiger partial charge is 0.353 e. The predicted molar refractivity (Wildman–Crippen MR) is 220 cm³/mol. The zero-order valence-corrected chi connectivity index (χ0v) is 26.9. The van der Waals surface area contributed by atoms with Crippen LogP contribution in [0.3, 0.4) is 0 Å². The first-order valence-corrected chi connectivity index (χ1v) is 15.7. The van der Waals surface area contributed by atoms with E-state index in [-0.39, 0.29) is 0 Å². The molecule has 0 saturated carbocycles. The van der Waals surface area contributed by atoms with Crippen LogP contribution in [0.15, 0.2) is 0 Å². The molecule has 0 amide bonds. The summed E-state index contributed by atoms with van der Waals surface area (Å²) in [6.07, 6.45) is 0. The smallest absolute Gasteiger partial charge is 0.140 e. The van der Waals surface area contributed by atoms with Crippen molar-refractivity contribution in [1.82, 2.24) is 4.98 Å². The van der Waals surface area contributed by atoms with E-state index in [2.05, 4.69) is 99.1 Å². The van der Waals surface area contributed by atoms with Gasteiger partial charge >= 0.3 is 0 Å². The third-order valence-electron chi connectivity index (χ3n) is 10.7. The van der Waals surface area contributed by atoms with Crippen LogP contribution in [0.25, 0.3) is 62.2 Å². The second-order valence-corrected chi connectivity index (χ2v) is 14.2. The van der Waals surface area contributed by atoms with Crippen molar-refractivity contribution in [1.29, 1.82) is 0 Å². The molecule has 0 atom stereocenters. The van der Waals surface area contributed by atoms with Crippen LogP contribution in [0.4, 0.5) is 0 Å². The van der Waals surface area contributed by atoms with Gasteiger partial charge < -0.3 is 4.98 Å². The third-order valence-corrected chi connectivity index (χ3v) is 13.5. The number of H-pyrrole nitrogens is 1. The molecule has 39 heavy (non-hydrogen) atoms. The second kappa shape index (κ2) is 8.23. The Kier molecular flexibility index (Phi) is 5.45. The summed E-state index contributed by atoms with van der Waals surface area (Å²) in [5.74, 6) is 0. The molecular weight excluding hydrogens is 496 g/mol. The molecular formula is C24H25B12NS2. The molecule has 15 heteroatoms. The average Bonchev–Trinajstić information content (AvgIpc) is 3.62. The van der Waals surface area contributed by atoms with Crippen molar-refractivity contribution in [3.05, 3.63) is 0 Å². The summed E-state index contributed by atoms with van der Waals surface area (Å²) in [4.78, 5) is 4.13. The maximum atomic E-state index is 4.13. The van der Waals surface area contributed by atoms with E-state index in [0.29, 0.717) is 0 Å². The Morgan fingerprint density at radius 2 is 0.538 bits per heavy atom. The molecule has 3 aromatic heterocycles. The average molecular weight is 521 g/mol. The van der Waals surface area contributed by atoms with Crippen LogP contribution in [0.1, 0.15) is 0 Å². The van der Waals surface area contributed by atoms with Crippen molar-refractivity contribution in [2.45, 2.75) is 0 Å². The van der Waals surface area contributed by atoms with Crippen LogP contribution in [0.2, 0.25) is 0 Å². The highest BCUT2D eigenvalue weighted by Gasteiger charge is 2.25. The lowest BCUT2D eigenvalue weighted by Crippen LogP contribution is -2.47. The zero-order valence-electron chi connectivity index (χ0n) is 25.3. The van der Waals surface area contributed by atoms with Crippen LogP contribution >= 0.6 is 22.7 Å². The Morgan fingerprint density at radius 3 is 0.897 bits per heavy atom. The molecule has 0 bridgehead atoms. The fraction of sp³-hybridized carbons (Fsp3) is 0. The number of rotatable bonds is 0. The van der Waals surface area contributed by atoms with Crippen molar-refractivity contribution in [2.24, 2.45) is 0 Å². The molecule has 0 fully saturated rings. The number of hydrogen-bond acceptors (Lipinski definition) is 2. The van der Waals surface area contributed by atoms with Gasteiger partial charge in [-0.3, -0.25) is 0 Å². The summed E-state index contributed by atoms with van der Waals surface area (Å²) < 4.78 is 5.79. The molecule has 0 aliphatic carbocycles. The highest BCUT2D eigenvalue weighted by molar-refractivity contribution is 7.29. The number of nitrogens with one attached hydrogen (secondary N) is 1. The first-order chi connectivity index (χ1) is 18.4. The normalized spacial score (nSPS) is 12.3. The SMILES string of the molecule is Bc1c(B)c(B)c2c(sc3c(B)c(B)c4c([nH]c5c4c(B)c(B)c4sc6c(B)c(B)c(B)c(B)c6c45)c32)c1B. The molecule has 7 rings (SSSR count). The van der Waals surface area contributed by atoms with E-state index >= 15 is 0 Å². The lowest BCUT2D eigenvalue weighted by atomic mass is 9.65. The minimum Gasteiger partial charge on any atom is -0.353 e. The molecule has 1 nitrogen and oxygen atoms in total. The molecule has 0 aliphatic rings. The monoisotopic (exact) mass is 523 g/mol. The maximum Gasteiger partial charge on any atom is 0.140 e. The summed E-state index contributed by atoms with van der Waals surface area (Å²) in [6, 6.07) is 0. The summed E-state index contributed by atoms with van der Waals surface area (Å²) in [5, 5.41) is 8.61. The van der Waals surface area contributed by atoms with Gasteiger partial charge in [-0.2, -0.15) is 0 Å². The van der Waals surface area contributed by atoms with E-state index in [1.807, 2.05) is 22.7 Å². The van der Waals surface area contributed by atoms with Gasteiger partial charge in [0.1, 0.15) is 94.2 Å². The molecule has 0 spiro atoms. The Morgan fingerprint density at radius 1 is 0.282 bits per heavy atom. The molecule has 1 N–H and O–H groups in total. The van der Waals surface area contributed by atoms with Crippen LogP contribution in [-0.2, 0) is 0 Å².